The summed E-state index contributed by atoms with van der Waals surface area (Å²) in [6.07, 6.45) is 8.73. The lowest BCUT2D eigenvalue weighted by Crippen LogP contribution is -2.00. The minimum absolute atomic E-state index is 0.563. The molecule has 0 saturated carbocycles. The molecule has 11 aromatic rings. The van der Waals surface area contributed by atoms with Gasteiger partial charge < -0.3 is 8.83 Å². The maximum Gasteiger partial charge on any atom is 0.164 e. The number of hydrogen-bond acceptors (Lipinski definition) is 8. The van der Waals surface area contributed by atoms with Crippen LogP contribution >= 0.6 is 11.3 Å². The average molecular weight is 752 g/mol. The largest absolute Gasteiger partial charge is 0.456 e. The fraction of sp³-hybridized carbons (Fsp3) is 0.0408. The highest BCUT2D eigenvalue weighted by atomic mass is 32.1. The van der Waals surface area contributed by atoms with Gasteiger partial charge in [-0.05, 0) is 60.9 Å². The molecule has 0 fully saturated rings. The Hall–Kier alpha value is -7.29. The van der Waals surface area contributed by atoms with Gasteiger partial charge in [-0.3, -0.25) is 0 Å². The number of benzene rings is 6. The third kappa shape index (κ3) is 5.15. The van der Waals surface area contributed by atoms with E-state index in [4.69, 9.17) is 33.8 Å². The molecule has 5 aromatic heterocycles. The Labute approximate surface area is 329 Å². The zero-order valence-electron chi connectivity index (χ0n) is 30.3. The fourth-order valence-corrected chi connectivity index (χ4v) is 9.27. The average Bonchev–Trinajstić information content (AvgIpc) is 3.98. The van der Waals surface area contributed by atoms with E-state index in [0.29, 0.717) is 23.3 Å². The minimum Gasteiger partial charge on any atom is -0.456 e. The summed E-state index contributed by atoms with van der Waals surface area (Å²) in [4.78, 5) is 25.8. The zero-order valence-corrected chi connectivity index (χ0v) is 31.1. The topological polar surface area (TPSA) is 90.7 Å². The van der Waals surface area contributed by atoms with E-state index in [-0.39, 0.29) is 0 Å². The van der Waals surface area contributed by atoms with Crippen LogP contribution in [0.1, 0.15) is 18.5 Å². The molecule has 0 N–H and O–H groups in total. The molecule has 0 amide bonds. The lowest BCUT2D eigenvalue weighted by Gasteiger charge is -2.10. The molecule has 7 nitrogen and oxygen atoms in total. The van der Waals surface area contributed by atoms with Crippen molar-refractivity contribution >= 4 is 81.1 Å². The molecule has 57 heavy (non-hydrogen) atoms. The van der Waals surface area contributed by atoms with Gasteiger partial charge in [0, 0.05) is 48.3 Å². The van der Waals surface area contributed by atoms with Crippen LogP contribution in [0.3, 0.4) is 0 Å². The maximum atomic E-state index is 6.69. The molecule has 0 atom stereocenters. The predicted octanol–water partition coefficient (Wildman–Crippen LogP) is 13.2. The molecule has 1 aliphatic carbocycles. The molecule has 12 rings (SSSR count). The smallest absolute Gasteiger partial charge is 0.164 e. The Bertz CT molecular complexity index is 3480. The van der Waals surface area contributed by atoms with Gasteiger partial charge in [0.15, 0.2) is 23.3 Å². The molecule has 5 heterocycles. The van der Waals surface area contributed by atoms with Crippen molar-refractivity contribution < 1.29 is 8.83 Å². The van der Waals surface area contributed by atoms with Gasteiger partial charge in [0.05, 0.1) is 21.5 Å². The summed E-state index contributed by atoms with van der Waals surface area (Å²) in [5, 5.41) is 5.04. The monoisotopic (exact) mass is 751 g/mol. The molecule has 1 aliphatic rings. The van der Waals surface area contributed by atoms with Crippen LogP contribution in [0.5, 0.6) is 0 Å². The van der Waals surface area contributed by atoms with Crippen LogP contribution in [-0.4, -0.2) is 24.9 Å². The second-order valence-electron chi connectivity index (χ2n) is 14.3. The van der Waals surface area contributed by atoms with Crippen LogP contribution in [0, 0.1) is 0 Å². The lowest BCUT2D eigenvalue weighted by atomic mass is 10.0. The van der Waals surface area contributed by atoms with E-state index < -0.39 is 0 Å². The van der Waals surface area contributed by atoms with E-state index in [1.54, 1.807) is 11.3 Å². The molecule has 0 aliphatic heterocycles. The van der Waals surface area contributed by atoms with Crippen LogP contribution in [0.4, 0.5) is 0 Å². The maximum absolute atomic E-state index is 6.69. The van der Waals surface area contributed by atoms with Crippen molar-refractivity contribution in [3.63, 3.8) is 0 Å². The number of para-hydroxylation sites is 2. The van der Waals surface area contributed by atoms with E-state index in [2.05, 4.69) is 78.9 Å². The molecule has 0 bridgehead atoms. The fourth-order valence-electron chi connectivity index (χ4n) is 8.11. The molecule has 0 unspecified atom stereocenters. The summed E-state index contributed by atoms with van der Waals surface area (Å²) in [5.74, 6) is 2.36. The quantitative estimate of drug-likeness (QED) is 0.173. The Morgan fingerprint density at radius 1 is 0.491 bits per heavy atom. The first-order chi connectivity index (χ1) is 28.2. The molecular formula is C49H29N5O2S. The van der Waals surface area contributed by atoms with E-state index >= 15 is 0 Å². The van der Waals surface area contributed by atoms with Gasteiger partial charge in [-0.2, -0.15) is 0 Å². The summed E-state index contributed by atoms with van der Waals surface area (Å²) >= 11 is 1.75. The normalized spacial score (nSPS) is 13.2. The van der Waals surface area contributed by atoms with Crippen molar-refractivity contribution in [3.05, 3.63) is 157 Å². The van der Waals surface area contributed by atoms with Gasteiger partial charge in [-0.15, -0.1) is 11.3 Å². The number of nitrogens with zero attached hydrogens (tertiary/aromatic N) is 5. The van der Waals surface area contributed by atoms with Gasteiger partial charge >= 0.3 is 0 Å². The third-order valence-corrected chi connectivity index (χ3v) is 12.0. The molecular weight excluding hydrogens is 723 g/mol. The Kier molecular flexibility index (Phi) is 7.09. The van der Waals surface area contributed by atoms with E-state index in [9.17, 15) is 0 Å². The van der Waals surface area contributed by atoms with Crippen LogP contribution in [-0.2, 0) is 0 Å². The van der Waals surface area contributed by atoms with Crippen molar-refractivity contribution in [2.75, 3.05) is 0 Å². The Balaban J connectivity index is 1.04. The number of furan rings is 2. The van der Waals surface area contributed by atoms with Gasteiger partial charge in [0.2, 0.25) is 0 Å². The predicted molar refractivity (Wildman–Crippen MR) is 231 cm³/mol. The van der Waals surface area contributed by atoms with Crippen LogP contribution in [0.25, 0.3) is 115 Å². The third-order valence-electron chi connectivity index (χ3n) is 10.8. The van der Waals surface area contributed by atoms with E-state index in [0.717, 1.165) is 106 Å². The van der Waals surface area contributed by atoms with E-state index in [1.807, 2.05) is 72.8 Å². The highest BCUT2D eigenvalue weighted by molar-refractivity contribution is 7.26. The van der Waals surface area contributed by atoms with Crippen LogP contribution < -0.4 is 0 Å². The number of allylic oxidation sites excluding steroid dienone is 4. The Morgan fingerprint density at radius 3 is 2.11 bits per heavy atom. The molecule has 0 spiro atoms. The number of aromatic nitrogens is 5. The van der Waals surface area contributed by atoms with Crippen molar-refractivity contribution in [1.29, 1.82) is 0 Å². The number of thiophene rings is 1. The molecule has 268 valence electrons. The highest BCUT2D eigenvalue weighted by Crippen LogP contribution is 2.42. The Morgan fingerprint density at radius 2 is 1.21 bits per heavy atom. The zero-order chi connectivity index (χ0) is 37.5. The SMILES string of the molecule is C1=CC(c2nc(-c3cccc4c3oc3ccc(-c5nc(-c6ccccc6)nc(-c6cccc7oc8ccccc8c67)n5)cc34)nc3c2sc2ccccc23)=CCC1. The van der Waals surface area contributed by atoms with Gasteiger partial charge in [0.1, 0.15) is 22.3 Å². The standard InChI is InChI=1S/C49H29N5O2S/c1-3-13-28(14-4-1)42-45-43(33-18-8-10-24-40(33)57-45)51-49(50-42)35-21-11-19-31-36-27-30(25-26-38(36)56-44(31)35)47-52-46(29-15-5-2-6-16-29)53-48(54-47)34-20-12-23-39-41(34)32-17-7-9-22-37(32)55-39/h2-3,5-27H,1,4H2. The highest BCUT2D eigenvalue weighted by Gasteiger charge is 2.22. The molecule has 6 aromatic carbocycles. The number of hydrogen-bond donors (Lipinski definition) is 0. The van der Waals surface area contributed by atoms with Crippen LogP contribution in [0.15, 0.2) is 161 Å². The lowest BCUT2D eigenvalue weighted by molar-refractivity contribution is 0.669. The van der Waals surface area contributed by atoms with Crippen molar-refractivity contribution in [3.8, 4) is 45.6 Å². The molecule has 0 saturated heterocycles. The van der Waals surface area contributed by atoms with Gasteiger partial charge in [-0.1, -0.05) is 109 Å². The summed E-state index contributed by atoms with van der Waals surface area (Å²) in [6, 6.07) is 45.0. The summed E-state index contributed by atoms with van der Waals surface area (Å²) in [6.45, 7) is 0. The summed E-state index contributed by atoms with van der Waals surface area (Å²) < 4.78 is 15.2. The van der Waals surface area contributed by atoms with Crippen molar-refractivity contribution in [2.24, 2.45) is 0 Å². The first-order valence-electron chi connectivity index (χ1n) is 19.0. The van der Waals surface area contributed by atoms with Crippen molar-refractivity contribution in [1.82, 2.24) is 24.9 Å². The second-order valence-corrected chi connectivity index (χ2v) is 15.3. The minimum atomic E-state index is 0.563. The first kappa shape index (κ1) is 32.0. The second kappa shape index (κ2) is 12.6. The molecule has 0 radical (unpaired) electrons. The first-order valence-corrected chi connectivity index (χ1v) is 19.8. The number of fused-ring (bicyclic) bond motifs is 9. The van der Waals surface area contributed by atoms with E-state index in [1.165, 1.54) is 4.70 Å². The van der Waals surface area contributed by atoms with Gasteiger partial charge in [0.25, 0.3) is 0 Å². The summed E-state index contributed by atoms with van der Waals surface area (Å²) in [5.41, 5.74) is 9.64. The molecule has 8 heteroatoms. The van der Waals surface area contributed by atoms with Gasteiger partial charge in [-0.25, -0.2) is 24.9 Å². The number of rotatable bonds is 5. The van der Waals surface area contributed by atoms with Crippen LogP contribution in [0.2, 0.25) is 0 Å². The van der Waals surface area contributed by atoms with Crippen molar-refractivity contribution in [2.45, 2.75) is 12.8 Å². The summed E-state index contributed by atoms with van der Waals surface area (Å²) in [7, 11) is 0.